The van der Waals surface area contributed by atoms with Gasteiger partial charge in [0.15, 0.2) is 0 Å². The molecule has 1 aromatic rings. The molecule has 0 heterocycles. The van der Waals surface area contributed by atoms with E-state index in [1.807, 2.05) is 26.0 Å². The number of nitrogens with zero attached hydrogens (tertiary/aromatic N) is 1. The lowest BCUT2D eigenvalue weighted by Crippen LogP contribution is -2.36. The van der Waals surface area contributed by atoms with Gasteiger partial charge in [0.05, 0.1) is 12.2 Å². The van der Waals surface area contributed by atoms with Gasteiger partial charge in [0, 0.05) is 18.8 Å². The van der Waals surface area contributed by atoms with Crippen LogP contribution in [0.2, 0.25) is 0 Å². The Hall–Kier alpha value is -1.22. The maximum absolute atomic E-state index is 9.56. The van der Waals surface area contributed by atoms with Crippen LogP contribution in [-0.2, 0) is 0 Å². The first kappa shape index (κ1) is 14.2. The van der Waals surface area contributed by atoms with Crippen molar-refractivity contribution >= 4 is 5.69 Å². The highest BCUT2D eigenvalue weighted by molar-refractivity contribution is 5.49. The molecule has 1 saturated carbocycles. The van der Waals surface area contributed by atoms with Crippen LogP contribution in [0.15, 0.2) is 24.3 Å². The lowest BCUT2D eigenvalue weighted by atomic mass is 9.92. The molecule has 0 aliphatic heterocycles. The second-order valence-electron chi connectivity index (χ2n) is 5.73. The Morgan fingerprint density at radius 3 is 2.21 bits per heavy atom. The summed E-state index contributed by atoms with van der Waals surface area (Å²) >= 11 is 0. The van der Waals surface area contributed by atoms with E-state index < -0.39 is 0 Å². The second-order valence-corrected chi connectivity index (χ2v) is 5.73. The molecule has 0 radical (unpaired) electrons. The molecular formula is C16H25NO2. The minimum atomic E-state index is -0.0912. The Balaban J connectivity index is 1.97. The van der Waals surface area contributed by atoms with Gasteiger partial charge in [-0.1, -0.05) is 0 Å². The fourth-order valence-corrected chi connectivity index (χ4v) is 2.69. The number of hydrogen-bond acceptors (Lipinski definition) is 3. The zero-order valence-corrected chi connectivity index (χ0v) is 12.2. The SMILES string of the molecule is CC(C)Oc1ccc(N(C)C2CCC(O)CC2)cc1. The summed E-state index contributed by atoms with van der Waals surface area (Å²) in [4.78, 5) is 2.32. The smallest absolute Gasteiger partial charge is 0.119 e. The van der Waals surface area contributed by atoms with E-state index in [-0.39, 0.29) is 12.2 Å². The summed E-state index contributed by atoms with van der Waals surface area (Å²) in [5.74, 6) is 0.922. The number of rotatable bonds is 4. The van der Waals surface area contributed by atoms with Crippen molar-refractivity contribution in [1.82, 2.24) is 0 Å². The molecular weight excluding hydrogens is 238 g/mol. The van der Waals surface area contributed by atoms with Crippen LogP contribution in [0.25, 0.3) is 0 Å². The highest BCUT2D eigenvalue weighted by Gasteiger charge is 2.22. The molecule has 1 aliphatic carbocycles. The molecule has 0 spiro atoms. The Kier molecular flexibility index (Phi) is 4.70. The molecule has 1 N–H and O–H groups in total. The molecule has 3 heteroatoms. The predicted octanol–water partition coefficient (Wildman–Crippen LogP) is 3.21. The quantitative estimate of drug-likeness (QED) is 0.905. The van der Waals surface area contributed by atoms with Gasteiger partial charge in [-0.2, -0.15) is 0 Å². The van der Waals surface area contributed by atoms with Crippen molar-refractivity contribution in [2.75, 3.05) is 11.9 Å². The number of benzene rings is 1. The third-order valence-electron chi connectivity index (χ3n) is 3.83. The normalized spacial score (nSPS) is 23.4. The predicted molar refractivity (Wildman–Crippen MR) is 78.9 cm³/mol. The number of aliphatic hydroxyl groups excluding tert-OH is 1. The molecule has 0 bridgehead atoms. The number of ether oxygens (including phenoxy) is 1. The van der Waals surface area contributed by atoms with Crippen molar-refractivity contribution in [3.05, 3.63) is 24.3 Å². The molecule has 0 atom stereocenters. The Morgan fingerprint density at radius 1 is 1.11 bits per heavy atom. The average Bonchev–Trinajstić information content (AvgIpc) is 2.39. The van der Waals surface area contributed by atoms with E-state index in [2.05, 4.69) is 24.1 Å². The van der Waals surface area contributed by atoms with Crippen molar-refractivity contribution < 1.29 is 9.84 Å². The monoisotopic (exact) mass is 263 g/mol. The van der Waals surface area contributed by atoms with Gasteiger partial charge in [-0.05, 0) is 63.8 Å². The molecule has 106 valence electrons. The highest BCUT2D eigenvalue weighted by atomic mass is 16.5. The fourth-order valence-electron chi connectivity index (χ4n) is 2.69. The number of hydrogen-bond donors (Lipinski definition) is 1. The number of anilines is 1. The van der Waals surface area contributed by atoms with E-state index in [1.54, 1.807) is 0 Å². The molecule has 19 heavy (non-hydrogen) atoms. The largest absolute Gasteiger partial charge is 0.491 e. The van der Waals surface area contributed by atoms with Gasteiger partial charge < -0.3 is 14.7 Å². The molecule has 0 aromatic heterocycles. The molecule has 2 rings (SSSR count). The average molecular weight is 263 g/mol. The maximum atomic E-state index is 9.56. The van der Waals surface area contributed by atoms with Crippen molar-refractivity contribution in [3.63, 3.8) is 0 Å². The summed E-state index contributed by atoms with van der Waals surface area (Å²) in [7, 11) is 2.14. The minimum absolute atomic E-state index is 0.0912. The lowest BCUT2D eigenvalue weighted by Gasteiger charge is -2.34. The molecule has 1 aromatic carbocycles. The van der Waals surface area contributed by atoms with Gasteiger partial charge in [0.1, 0.15) is 5.75 Å². The summed E-state index contributed by atoms with van der Waals surface area (Å²) in [6.07, 6.45) is 4.10. The summed E-state index contributed by atoms with van der Waals surface area (Å²) in [5.41, 5.74) is 1.22. The Labute approximate surface area is 116 Å². The third-order valence-corrected chi connectivity index (χ3v) is 3.83. The van der Waals surface area contributed by atoms with E-state index in [1.165, 1.54) is 5.69 Å². The van der Waals surface area contributed by atoms with Gasteiger partial charge in [-0.25, -0.2) is 0 Å². The standard InChI is InChI=1S/C16H25NO2/c1-12(2)19-16-10-6-14(7-11-16)17(3)13-4-8-15(18)9-5-13/h6-7,10-13,15,18H,4-5,8-9H2,1-3H3. The topological polar surface area (TPSA) is 32.7 Å². The van der Waals surface area contributed by atoms with Gasteiger partial charge in [-0.15, -0.1) is 0 Å². The maximum Gasteiger partial charge on any atom is 0.119 e. The summed E-state index contributed by atoms with van der Waals surface area (Å²) in [5, 5.41) is 9.56. The van der Waals surface area contributed by atoms with E-state index in [4.69, 9.17) is 4.74 Å². The van der Waals surface area contributed by atoms with E-state index in [0.29, 0.717) is 6.04 Å². The van der Waals surface area contributed by atoms with Crippen molar-refractivity contribution in [1.29, 1.82) is 0 Å². The van der Waals surface area contributed by atoms with Gasteiger partial charge >= 0.3 is 0 Å². The van der Waals surface area contributed by atoms with Crippen LogP contribution in [0.1, 0.15) is 39.5 Å². The van der Waals surface area contributed by atoms with Gasteiger partial charge in [0.2, 0.25) is 0 Å². The van der Waals surface area contributed by atoms with Crippen molar-refractivity contribution in [2.24, 2.45) is 0 Å². The summed E-state index contributed by atoms with van der Waals surface area (Å²) in [6, 6.07) is 8.83. The molecule has 0 saturated heterocycles. The first-order valence-corrected chi connectivity index (χ1v) is 7.24. The highest BCUT2D eigenvalue weighted by Crippen LogP contribution is 2.27. The zero-order valence-electron chi connectivity index (χ0n) is 12.2. The Morgan fingerprint density at radius 2 is 1.68 bits per heavy atom. The molecule has 1 fully saturated rings. The van der Waals surface area contributed by atoms with Crippen LogP contribution in [0.4, 0.5) is 5.69 Å². The molecule has 0 unspecified atom stereocenters. The molecule has 3 nitrogen and oxygen atoms in total. The van der Waals surface area contributed by atoms with Crippen LogP contribution in [0, 0.1) is 0 Å². The van der Waals surface area contributed by atoms with E-state index in [0.717, 1.165) is 31.4 Å². The van der Waals surface area contributed by atoms with Crippen LogP contribution in [0.5, 0.6) is 5.75 Å². The minimum Gasteiger partial charge on any atom is -0.491 e. The first-order chi connectivity index (χ1) is 9.06. The summed E-state index contributed by atoms with van der Waals surface area (Å²) < 4.78 is 5.66. The van der Waals surface area contributed by atoms with Crippen LogP contribution < -0.4 is 9.64 Å². The Bertz CT molecular complexity index is 380. The first-order valence-electron chi connectivity index (χ1n) is 7.24. The lowest BCUT2D eigenvalue weighted by molar-refractivity contribution is 0.122. The van der Waals surface area contributed by atoms with E-state index in [9.17, 15) is 5.11 Å². The van der Waals surface area contributed by atoms with Crippen molar-refractivity contribution in [3.8, 4) is 5.75 Å². The van der Waals surface area contributed by atoms with Gasteiger partial charge in [0.25, 0.3) is 0 Å². The van der Waals surface area contributed by atoms with Crippen LogP contribution >= 0.6 is 0 Å². The second kappa shape index (κ2) is 6.29. The zero-order chi connectivity index (χ0) is 13.8. The number of aliphatic hydroxyl groups is 1. The molecule has 1 aliphatic rings. The fraction of sp³-hybridized carbons (Fsp3) is 0.625. The molecule has 0 amide bonds. The van der Waals surface area contributed by atoms with Crippen molar-refractivity contribution in [2.45, 2.75) is 57.8 Å². The van der Waals surface area contributed by atoms with Crippen LogP contribution in [0.3, 0.4) is 0 Å². The third kappa shape index (κ3) is 3.87. The van der Waals surface area contributed by atoms with Crippen LogP contribution in [-0.4, -0.2) is 30.4 Å². The summed E-state index contributed by atoms with van der Waals surface area (Å²) in [6.45, 7) is 4.07. The van der Waals surface area contributed by atoms with Gasteiger partial charge in [-0.3, -0.25) is 0 Å². The van der Waals surface area contributed by atoms with E-state index >= 15 is 0 Å².